The summed E-state index contributed by atoms with van der Waals surface area (Å²) in [6.07, 6.45) is 2.40. The number of nitrogens with one attached hydrogen (secondary N) is 1. The van der Waals surface area contributed by atoms with Gasteiger partial charge in [-0.2, -0.15) is 0 Å². The summed E-state index contributed by atoms with van der Waals surface area (Å²) in [5, 5.41) is 2.95. The second-order valence-electron chi connectivity index (χ2n) is 5.53. The molecule has 0 radical (unpaired) electrons. The third kappa shape index (κ3) is 3.95. The van der Waals surface area contributed by atoms with Crippen LogP contribution >= 0.6 is 0 Å². The first kappa shape index (κ1) is 15.8. The molecule has 5 nitrogen and oxygen atoms in total. The Morgan fingerprint density at radius 2 is 2.05 bits per heavy atom. The fourth-order valence-electron chi connectivity index (χ4n) is 2.79. The predicted molar refractivity (Wildman–Crippen MR) is 83.2 cm³/mol. The lowest BCUT2D eigenvalue weighted by molar-refractivity contribution is -0.122. The molecule has 1 aromatic carbocycles. The van der Waals surface area contributed by atoms with Gasteiger partial charge in [0.1, 0.15) is 5.75 Å². The van der Waals surface area contributed by atoms with Crippen LogP contribution in [0, 0.1) is 0 Å². The molecule has 1 aliphatic rings. The molecule has 1 aliphatic heterocycles. The Morgan fingerprint density at radius 3 is 2.67 bits per heavy atom. The van der Waals surface area contributed by atoms with Crippen molar-refractivity contribution in [3.63, 3.8) is 0 Å². The largest absolute Gasteiger partial charge is 0.496 e. The third-order valence-corrected chi connectivity index (χ3v) is 3.96. The molecule has 1 heterocycles. The topological polar surface area (TPSA) is 67.6 Å². The number of rotatable bonds is 6. The number of likely N-dealkylation sites (tertiary alicyclic amines) is 1. The first-order chi connectivity index (χ1) is 10.1. The Kier molecular flexibility index (Phi) is 5.59. The van der Waals surface area contributed by atoms with Crippen molar-refractivity contribution in [2.75, 3.05) is 26.7 Å². The van der Waals surface area contributed by atoms with Crippen LogP contribution in [-0.2, 0) is 4.79 Å². The number of amides is 1. The van der Waals surface area contributed by atoms with Gasteiger partial charge in [-0.15, -0.1) is 0 Å². The van der Waals surface area contributed by atoms with Crippen molar-refractivity contribution in [2.45, 2.75) is 31.8 Å². The summed E-state index contributed by atoms with van der Waals surface area (Å²) in [5.41, 5.74) is 6.74. The zero-order valence-electron chi connectivity index (χ0n) is 12.8. The molecule has 1 saturated heterocycles. The lowest BCUT2D eigenvalue weighted by Gasteiger charge is -2.29. The van der Waals surface area contributed by atoms with Crippen molar-refractivity contribution in [1.82, 2.24) is 10.2 Å². The van der Waals surface area contributed by atoms with Crippen LogP contribution in [0.25, 0.3) is 0 Å². The number of ether oxygens (including phenoxy) is 1. The Bertz CT molecular complexity index is 470. The number of methoxy groups -OCH3 is 1. The van der Waals surface area contributed by atoms with Crippen LogP contribution in [0.3, 0.4) is 0 Å². The quantitative estimate of drug-likeness (QED) is 0.829. The summed E-state index contributed by atoms with van der Waals surface area (Å²) < 4.78 is 5.48. The Labute approximate surface area is 126 Å². The van der Waals surface area contributed by atoms with Crippen LogP contribution in [-0.4, -0.2) is 43.6 Å². The van der Waals surface area contributed by atoms with E-state index in [9.17, 15) is 4.79 Å². The van der Waals surface area contributed by atoms with Crippen LogP contribution in [0.4, 0.5) is 0 Å². The van der Waals surface area contributed by atoms with Crippen LogP contribution in [0.2, 0.25) is 0 Å². The van der Waals surface area contributed by atoms with Gasteiger partial charge < -0.3 is 15.8 Å². The molecule has 0 saturated carbocycles. The first-order valence-corrected chi connectivity index (χ1v) is 7.53. The Hall–Kier alpha value is -1.59. The maximum absolute atomic E-state index is 11.8. The summed E-state index contributed by atoms with van der Waals surface area (Å²) in [5.74, 6) is 0.749. The van der Waals surface area contributed by atoms with E-state index in [-0.39, 0.29) is 11.9 Å². The van der Waals surface area contributed by atoms with E-state index in [4.69, 9.17) is 10.5 Å². The highest BCUT2D eigenvalue weighted by atomic mass is 16.5. The highest BCUT2D eigenvalue weighted by Crippen LogP contribution is 2.31. The lowest BCUT2D eigenvalue weighted by atomic mass is 10.0. The third-order valence-electron chi connectivity index (χ3n) is 3.96. The van der Waals surface area contributed by atoms with Gasteiger partial charge in [-0.1, -0.05) is 18.2 Å². The molecule has 0 bridgehead atoms. The number of benzene rings is 1. The summed E-state index contributed by atoms with van der Waals surface area (Å²) >= 11 is 0. The van der Waals surface area contributed by atoms with Crippen molar-refractivity contribution >= 4 is 5.91 Å². The van der Waals surface area contributed by atoms with Crippen LogP contribution in [0.15, 0.2) is 24.3 Å². The van der Waals surface area contributed by atoms with Crippen molar-refractivity contribution in [1.29, 1.82) is 0 Å². The van der Waals surface area contributed by atoms with E-state index < -0.39 is 6.04 Å². The molecule has 2 rings (SSSR count). The Morgan fingerprint density at radius 1 is 1.38 bits per heavy atom. The van der Waals surface area contributed by atoms with E-state index in [1.807, 2.05) is 18.2 Å². The standard InChI is InChI=1S/C16H25N3O2/c1-12(17)16(20)18-11-14(19-9-5-6-10-19)13-7-3-4-8-15(13)21-2/h3-4,7-8,12,14H,5-6,9-11,17H2,1-2H3,(H,18,20)/t12-,14?/m1/s1. The minimum absolute atomic E-state index is 0.117. The molecule has 0 aromatic heterocycles. The highest BCUT2D eigenvalue weighted by Gasteiger charge is 2.26. The first-order valence-electron chi connectivity index (χ1n) is 7.53. The van der Waals surface area contributed by atoms with Crippen LogP contribution in [0.1, 0.15) is 31.4 Å². The summed E-state index contributed by atoms with van der Waals surface area (Å²) in [7, 11) is 1.68. The zero-order chi connectivity index (χ0) is 15.2. The number of hydrogen-bond donors (Lipinski definition) is 2. The normalized spacial score (nSPS) is 18.2. The summed E-state index contributed by atoms with van der Waals surface area (Å²) in [6.45, 7) is 4.36. The zero-order valence-corrected chi connectivity index (χ0v) is 12.8. The average molecular weight is 291 g/mol. The number of carbonyl (C=O) groups excluding carboxylic acids is 1. The Balaban J connectivity index is 2.17. The van der Waals surface area contributed by atoms with E-state index in [0.29, 0.717) is 6.54 Å². The number of carbonyl (C=O) groups is 1. The minimum Gasteiger partial charge on any atom is -0.496 e. The molecule has 1 amide bonds. The van der Waals surface area contributed by atoms with Crippen molar-refractivity contribution < 1.29 is 9.53 Å². The molecule has 1 fully saturated rings. The minimum atomic E-state index is -0.484. The summed E-state index contributed by atoms with van der Waals surface area (Å²) in [4.78, 5) is 14.2. The number of nitrogens with two attached hydrogens (primary N) is 1. The van der Waals surface area contributed by atoms with E-state index in [0.717, 1.165) is 24.4 Å². The lowest BCUT2D eigenvalue weighted by Crippen LogP contribution is -2.43. The van der Waals surface area contributed by atoms with Gasteiger partial charge in [-0.3, -0.25) is 9.69 Å². The number of para-hydroxylation sites is 1. The molecule has 116 valence electrons. The highest BCUT2D eigenvalue weighted by molar-refractivity contribution is 5.81. The van der Waals surface area contributed by atoms with E-state index >= 15 is 0 Å². The smallest absolute Gasteiger partial charge is 0.236 e. The van der Waals surface area contributed by atoms with Crippen molar-refractivity contribution in [3.05, 3.63) is 29.8 Å². The van der Waals surface area contributed by atoms with E-state index in [1.54, 1.807) is 14.0 Å². The molecule has 21 heavy (non-hydrogen) atoms. The maximum Gasteiger partial charge on any atom is 0.236 e. The monoisotopic (exact) mass is 291 g/mol. The second kappa shape index (κ2) is 7.43. The number of hydrogen-bond acceptors (Lipinski definition) is 4. The van der Waals surface area contributed by atoms with Gasteiger partial charge in [-0.05, 0) is 38.9 Å². The van der Waals surface area contributed by atoms with Gasteiger partial charge in [0.05, 0.1) is 19.2 Å². The molecular formula is C16H25N3O2. The fourth-order valence-corrected chi connectivity index (χ4v) is 2.79. The SMILES string of the molecule is COc1ccccc1C(CNC(=O)[C@@H](C)N)N1CCCC1. The molecule has 0 aliphatic carbocycles. The molecule has 3 N–H and O–H groups in total. The summed E-state index contributed by atoms with van der Waals surface area (Å²) in [6, 6.07) is 7.65. The fraction of sp³-hybridized carbons (Fsp3) is 0.562. The van der Waals surface area contributed by atoms with Gasteiger partial charge in [0.25, 0.3) is 0 Å². The predicted octanol–water partition coefficient (Wildman–Crippen LogP) is 1.30. The van der Waals surface area contributed by atoms with Gasteiger partial charge in [0.2, 0.25) is 5.91 Å². The van der Waals surface area contributed by atoms with E-state index in [1.165, 1.54) is 12.8 Å². The van der Waals surface area contributed by atoms with Gasteiger partial charge in [-0.25, -0.2) is 0 Å². The van der Waals surface area contributed by atoms with E-state index in [2.05, 4.69) is 16.3 Å². The second-order valence-corrected chi connectivity index (χ2v) is 5.53. The molecular weight excluding hydrogens is 266 g/mol. The van der Waals surface area contributed by atoms with Crippen LogP contribution < -0.4 is 15.8 Å². The molecule has 2 atom stereocenters. The molecule has 1 unspecified atom stereocenters. The maximum atomic E-state index is 11.8. The average Bonchev–Trinajstić information content (AvgIpc) is 3.01. The van der Waals surface area contributed by atoms with Gasteiger partial charge in [0, 0.05) is 12.1 Å². The van der Waals surface area contributed by atoms with Crippen molar-refractivity contribution in [2.24, 2.45) is 5.73 Å². The molecule has 5 heteroatoms. The van der Waals surface area contributed by atoms with Gasteiger partial charge in [0.15, 0.2) is 0 Å². The molecule has 1 aromatic rings. The van der Waals surface area contributed by atoms with Crippen LogP contribution in [0.5, 0.6) is 5.75 Å². The number of nitrogens with zero attached hydrogens (tertiary/aromatic N) is 1. The molecule has 0 spiro atoms. The van der Waals surface area contributed by atoms with Crippen molar-refractivity contribution in [3.8, 4) is 5.75 Å². The van der Waals surface area contributed by atoms with Gasteiger partial charge >= 0.3 is 0 Å².